The minimum atomic E-state index is -0.0788. The van der Waals surface area contributed by atoms with Gasteiger partial charge in [-0.3, -0.25) is 9.48 Å². The monoisotopic (exact) mass is 351 g/mol. The van der Waals surface area contributed by atoms with Crippen LogP contribution in [0.1, 0.15) is 49.1 Å². The van der Waals surface area contributed by atoms with E-state index in [1.54, 1.807) is 0 Å². The molecule has 138 valence electrons. The number of fused-ring (bicyclic) bond motifs is 1. The molecule has 0 aliphatic heterocycles. The Labute approximate surface area is 156 Å². The quantitative estimate of drug-likeness (QED) is 0.890. The van der Waals surface area contributed by atoms with Gasteiger partial charge in [-0.05, 0) is 50.2 Å². The van der Waals surface area contributed by atoms with Gasteiger partial charge in [0.05, 0.1) is 18.2 Å². The topological polar surface area (TPSA) is 46.9 Å². The zero-order valence-electron chi connectivity index (χ0n) is 16.0. The smallest absolute Gasteiger partial charge is 0.224 e. The molecule has 2 aromatic rings. The molecule has 4 nitrogen and oxygen atoms in total. The fourth-order valence-electron chi connectivity index (χ4n) is 5.13. The molecular formula is C22H29N3O. The number of carbonyl (C=O) groups is 1. The van der Waals surface area contributed by atoms with Crippen molar-refractivity contribution in [2.24, 2.45) is 17.8 Å². The lowest BCUT2D eigenvalue weighted by molar-refractivity contribution is -0.127. The molecule has 1 amide bonds. The maximum atomic E-state index is 12.9. The predicted molar refractivity (Wildman–Crippen MR) is 103 cm³/mol. The standard InChI is InChI=1S/C22H29N3O/c1-14(13-25-16(3)12-15(2)24-25)22(26)23-21-19-11-7-10-18(19)20(21)17-8-5-4-6-9-17/h4-6,8-9,12,14,18-21H,7,10-11,13H2,1-3H3,(H,23,26)/t14-,18+,19+,20+,21+/m0/s1. The Morgan fingerprint density at radius 1 is 1.23 bits per heavy atom. The average molecular weight is 351 g/mol. The molecule has 1 aromatic carbocycles. The van der Waals surface area contributed by atoms with Crippen LogP contribution in [0.3, 0.4) is 0 Å². The molecule has 5 atom stereocenters. The Morgan fingerprint density at radius 3 is 2.65 bits per heavy atom. The van der Waals surface area contributed by atoms with Crippen LogP contribution in [-0.2, 0) is 11.3 Å². The third-order valence-electron chi connectivity index (χ3n) is 6.43. The SMILES string of the molecule is Cc1cc(C)n(C[C@H](C)C(=O)N[C@@H]2[C@@H]3CCC[C@H]3[C@H]2c2ccccc2)n1. The van der Waals surface area contributed by atoms with Crippen LogP contribution in [0.5, 0.6) is 0 Å². The van der Waals surface area contributed by atoms with Crippen LogP contribution in [0.2, 0.25) is 0 Å². The van der Waals surface area contributed by atoms with Crippen molar-refractivity contribution in [3.8, 4) is 0 Å². The average Bonchev–Trinajstić information content (AvgIpc) is 3.16. The van der Waals surface area contributed by atoms with Gasteiger partial charge in [-0.2, -0.15) is 5.10 Å². The molecule has 2 aliphatic carbocycles. The largest absolute Gasteiger partial charge is 0.352 e. The first kappa shape index (κ1) is 17.3. The summed E-state index contributed by atoms with van der Waals surface area (Å²) in [5, 5.41) is 7.90. The number of nitrogens with one attached hydrogen (secondary N) is 1. The van der Waals surface area contributed by atoms with E-state index in [1.165, 1.54) is 24.8 Å². The van der Waals surface area contributed by atoms with Crippen molar-refractivity contribution in [2.75, 3.05) is 0 Å². The van der Waals surface area contributed by atoms with Crippen LogP contribution in [0.15, 0.2) is 36.4 Å². The van der Waals surface area contributed by atoms with Crippen LogP contribution in [0, 0.1) is 31.6 Å². The van der Waals surface area contributed by atoms with E-state index in [-0.39, 0.29) is 11.8 Å². The third kappa shape index (κ3) is 3.06. The summed E-state index contributed by atoms with van der Waals surface area (Å²) < 4.78 is 1.95. The molecule has 0 spiro atoms. The van der Waals surface area contributed by atoms with E-state index in [1.807, 2.05) is 25.5 Å². The summed E-state index contributed by atoms with van der Waals surface area (Å²) in [6.45, 7) is 6.69. The molecule has 0 unspecified atom stereocenters. The molecule has 0 bridgehead atoms. The lowest BCUT2D eigenvalue weighted by Gasteiger charge is -2.50. The molecule has 0 saturated heterocycles. The maximum absolute atomic E-state index is 12.9. The Balaban J connectivity index is 1.45. The van der Waals surface area contributed by atoms with Gasteiger partial charge in [0.25, 0.3) is 0 Å². The molecule has 0 radical (unpaired) electrons. The molecule has 4 rings (SSSR count). The van der Waals surface area contributed by atoms with Crippen molar-refractivity contribution < 1.29 is 4.79 Å². The summed E-state index contributed by atoms with van der Waals surface area (Å²) in [6.07, 6.45) is 3.86. The highest BCUT2D eigenvalue weighted by Gasteiger charge is 2.53. The molecule has 1 aromatic heterocycles. The van der Waals surface area contributed by atoms with Gasteiger partial charge < -0.3 is 5.32 Å². The summed E-state index contributed by atoms with van der Waals surface area (Å²) >= 11 is 0. The number of nitrogens with zero attached hydrogens (tertiary/aromatic N) is 2. The van der Waals surface area contributed by atoms with Crippen molar-refractivity contribution in [1.29, 1.82) is 0 Å². The van der Waals surface area contributed by atoms with E-state index in [0.29, 0.717) is 24.4 Å². The maximum Gasteiger partial charge on any atom is 0.224 e. The zero-order chi connectivity index (χ0) is 18.3. The van der Waals surface area contributed by atoms with Gasteiger partial charge in [0.2, 0.25) is 5.91 Å². The minimum absolute atomic E-state index is 0.0788. The van der Waals surface area contributed by atoms with Crippen LogP contribution in [0.25, 0.3) is 0 Å². The highest BCUT2D eigenvalue weighted by Crippen LogP contribution is 2.55. The number of hydrogen-bond donors (Lipinski definition) is 1. The van der Waals surface area contributed by atoms with Gasteiger partial charge in [-0.15, -0.1) is 0 Å². The lowest BCUT2D eigenvalue weighted by atomic mass is 9.59. The number of carbonyl (C=O) groups excluding carboxylic acids is 1. The highest BCUT2D eigenvalue weighted by molar-refractivity contribution is 5.79. The van der Waals surface area contributed by atoms with Crippen molar-refractivity contribution in [1.82, 2.24) is 15.1 Å². The lowest BCUT2D eigenvalue weighted by Crippen LogP contribution is -2.57. The fourth-order valence-corrected chi connectivity index (χ4v) is 5.13. The number of amides is 1. The van der Waals surface area contributed by atoms with Crippen molar-refractivity contribution >= 4 is 5.91 Å². The van der Waals surface area contributed by atoms with E-state index >= 15 is 0 Å². The Morgan fingerprint density at radius 2 is 1.96 bits per heavy atom. The van der Waals surface area contributed by atoms with Gasteiger partial charge in [0, 0.05) is 17.7 Å². The second-order valence-electron chi connectivity index (χ2n) is 8.24. The number of aromatic nitrogens is 2. The summed E-state index contributed by atoms with van der Waals surface area (Å²) in [5.74, 6) is 1.96. The molecule has 2 fully saturated rings. The summed E-state index contributed by atoms with van der Waals surface area (Å²) in [7, 11) is 0. The Kier molecular flexibility index (Phi) is 4.60. The van der Waals surface area contributed by atoms with Gasteiger partial charge in [0.15, 0.2) is 0 Å². The summed E-state index contributed by atoms with van der Waals surface area (Å²) in [4.78, 5) is 12.9. The normalized spacial score (nSPS) is 28.3. The van der Waals surface area contributed by atoms with Crippen LogP contribution < -0.4 is 5.32 Å². The van der Waals surface area contributed by atoms with E-state index in [9.17, 15) is 4.79 Å². The first-order valence-electron chi connectivity index (χ1n) is 9.91. The fraction of sp³-hybridized carbons (Fsp3) is 0.545. The van der Waals surface area contributed by atoms with Gasteiger partial charge in [0.1, 0.15) is 0 Å². The summed E-state index contributed by atoms with van der Waals surface area (Å²) in [6, 6.07) is 13.1. The number of aryl methyl sites for hydroxylation is 2. The first-order valence-corrected chi connectivity index (χ1v) is 9.91. The van der Waals surface area contributed by atoms with E-state index < -0.39 is 0 Å². The third-order valence-corrected chi connectivity index (χ3v) is 6.43. The zero-order valence-corrected chi connectivity index (χ0v) is 16.0. The Hall–Kier alpha value is -2.10. The van der Waals surface area contributed by atoms with Crippen molar-refractivity contribution in [2.45, 2.75) is 58.5 Å². The molecule has 2 saturated carbocycles. The number of hydrogen-bond acceptors (Lipinski definition) is 2. The molecule has 1 heterocycles. The van der Waals surface area contributed by atoms with E-state index in [4.69, 9.17) is 0 Å². The molecule has 2 aliphatic rings. The number of benzene rings is 1. The van der Waals surface area contributed by atoms with Gasteiger partial charge in [-0.1, -0.05) is 43.7 Å². The van der Waals surface area contributed by atoms with Crippen LogP contribution >= 0.6 is 0 Å². The minimum Gasteiger partial charge on any atom is -0.352 e. The van der Waals surface area contributed by atoms with Gasteiger partial charge in [-0.25, -0.2) is 0 Å². The molecule has 4 heteroatoms. The van der Waals surface area contributed by atoms with E-state index in [0.717, 1.165) is 17.3 Å². The van der Waals surface area contributed by atoms with Crippen molar-refractivity contribution in [3.05, 3.63) is 53.3 Å². The van der Waals surface area contributed by atoms with E-state index in [2.05, 4.69) is 46.8 Å². The van der Waals surface area contributed by atoms with Crippen LogP contribution in [-0.4, -0.2) is 21.7 Å². The first-order chi connectivity index (χ1) is 12.5. The Bertz CT molecular complexity index is 782. The second-order valence-corrected chi connectivity index (χ2v) is 8.24. The molecular weight excluding hydrogens is 322 g/mol. The second kappa shape index (κ2) is 6.90. The summed E-state index contributed by atoms with van der Waals surface area (Å²) in [5.41, 5.74) is 3.50. The van der Waals surface area contributed by atoms with Crippen LogP contribution in [0.4, 0.5) is 0 Å². The molecule has 1 N–H and O–H groups in total. The highest BCUT2D eigenvalue weighted by atomic mass is 16.2. The predicted octanol–water partition coefficient (Wildman–Crippen LogP) is 3.83. The van der Waals surface area contributed by atoms with Gasteiger partial charge >= 0.3 is 0 Å². The molecule has 26 heavy (non-hydrogen) atoms. The number of rotatable bonds is 5. The van der Waals surface area contributed by atoms with Crippen molar-refractivity contribution in [3.63, 3.8) is 0 Å².